The van der Waals surface area contributed by atoms with Crippen LogP contribution in [0.5, 0.6) is 0 Å². The molecule has 1 heterocycles. The number of imidazole rings is 1. The zero-order valence-electron chi connectivity index (χ0n) is 5.73. The van der Waals surface area contributed by atoms with Gasteiger partial charge >= 0.3 is 0 Å². The largest absolute Gasteiger partial charge is 0.345 e. The van der Waals surface area contributed by atoms with E-state index in [2.05, 4.69) is 16.5 Å². The molecule has 1 N–H and O–H groups in total. The van der Waals surface area contributed by atoms with Crippen molar-refractivity contribution in [1.82, 2.24) is 9.97 Å². The van der Waals surface area contributed by atoms with Crippen LogP contribution in [-0.2, 0) is 0 Å². The molecule has 0 radical (unpaired) electrons. The summed E-state index contributed by atoms with van der Waals surface area (Å²) in [6, 6.07) is 0. The number of nitrogens with one attached hydrogen (secondary N) is 1. The maximum absolute atomic E-state index is 4.06. The van der Waals surface area contributed by atoms with E-state index >= 15 is 0 Å². The quantitative estimate of drug-likeness (QED) is 0.516. The second-order valence-electron chi connectivity index (χ2n) is 2.23. The molecule has 1 aromatic heterocycles. The highest BCUT2D eigenvalue weighted by atomic mass is 14.8. The number of aromatic amines is 1. The number of H-pyrrole nitrogens is 1. The van der Waals surface area contributed by atoms with Gasteiger partial charge in [-0.2, -0.15) is 0 Å². The maximum atomic E-state index is 4.06. The molecule has 0 saturated carbocycles. The first-order valence-corrected chi connectivity index (χ1v) is 2.87. The zero-order chi connectivity index (χ0) is 6.85. The van der Waals surface area contributed by atoms with E-state index in [1.807, 2.05) is 13.8 Å². The van der Waals surface area contributed by atoms with Gasteiger partial charge in [0.05, 0.1) is 17.0 Å². The first kappa shape index (κ1) is 6.08. The van der Waals surface area contributed by atoms with Crippen LogP contribution in [0.2, 0.25) is 0 Å². The van der Waals surface area contributed by atoms with E-state index in [1.54, 1.807) is 6.33 Å². The lowest BCUT2D eigenvalue weighted by Gasteiger charge is -1.79. The van der Waals surface area contributed by atoms with Crippen LogP contribution in [0, 0.1) is 0 Å². The van der Waals surface area contributed by atoms with E-state index in [0.717, 1.165) is 10.7 Å². The van der Waals surface area contributed by atoms with Gasteiger partial charge in [-0.25, -0.2) is 4.98 Å². The summed E-state index contributed by atoms with van der Waals surface area (Å²) >= 11 is 0. The monoisotopic (exact) mass is 122 g/mol. The number of rotatable bonds is 0. The van der Waals surface area contributed by atoms with Crippen molar-refractivity contribution in [2.24, 2.45) is 0 Å². The van der Waals surface area contributed by atoms with Gasteiger partial charge in [0.25, 0.3) is 0 Å². The van der Waals surface area contributed by atoms with Gasteiger partial charge < -0.3 is 4.98 Å². The van der Waals surface area contributed by atoms with Gasteiger partial charge in [-0.15, -0.1) is 0 Å². The van der Waals surface area contributed by atoms with Crippen molar-refractivity contribution in [2.45, 2.75) is 13.8 Å². The summed E-state index contributed by atoms with van der Waals surface area (Å²) in [6.07, 6.45) is 1.66. The average Bonchev–Trinajstić information content (AvgIpc) is 2.13. The maximum Gasteiger partial charge on any atom is 0.0931 e. The van der Waals surface area contributed by atoms with Gasteiger partial charge in [-0.3, -0.25) is 0 Å². The van der Waals surface area contributed by atoms with Crippen LogP contribution >= 0.6 is 0 Å². The van der Waals surface area contributed by atoms with Gasteiger partial charge in [0.1, 0.15) is 0 Å². The molecule has 0 saturated heterocycles. The summed E-state index contributed by atoms with van der Waals surface area (Å²) < 4.78 is 0. The van der Waals surface area contributed by atoms with Crippen molar-refractivity contribution < 1.29 is 0 Å². The molecule has 0 fully saturated rings. The molecular formula is C7H10N2. The Morgan fingerprint density at radius 3 is 2.56 bits per heavy atom. The number of hydrogen-bond acceptors (Lipinski definition) is 1. The summed E-state index contributed by atoms with van der Waals surface area (Å²) in [5.41, 5.74) is 1.20. The van der Waals surface area contributed by atoms with Crippen molar-refractivity contribution in [3.63, 3.8) is 0 Å². The molecule has 48 valence electrons. The third-order valence-corrected chi connectivity index (χ3v) is 1.19. The van der Waals surface area contributed by atoms with E-state index in [4.69, 9.17) is 0 Å². The molecule has 2 nitrogen and oxygen atoms in total. The second-order valence-corrected chi connectivity index (χ2v) is 2.23. The lowest BCUT2D eigenvalue weighted by Crippen LogP contribution is -2.24. The van der Waals surface area contributed by atoms with Gasteiger partial charge in [-0.1, -0.05) is 6.58 Å². The third kappa shape index (κ3) is 1.02. The van der Waals surface area contributed by atoms with E-state index in [-0.39, 0.29) is 0 Å². The lowest BCUT2D eigenvalue weighted by atomic mass is 10.3. The van der Waals surface area contributed by atoms with Crippen LogP contribution in [-0.4, -0.2) is 9.97 Å². The van der Waals surface area contributed by atoms with Crippen molar-refractivity contribution in [3.8, 4) is 0 Å². The molecule has 0 atom stereocenters. The molecule has 2 heteroatoms. The summed E-state index contributed by atoms with van der Waals surface area (Å²) in [5, 5.41) is 1.88. The molecule has 0 aromatic carbocycles. The second kappa shape index (κ2) is 2.05. The van der Waals surface area contributed by atoms with Gasteiger partial charge in [0, 0.05) is 0 Å². The average molecular weight is 122 g/mol. The van der Waals surface area contributed by atoms with E-state index in [1.165, 1.54) is 5.57 Å². The SMILES string of the molecule is C=c1[nH]cnc1=C(C)C. The van der Waals surface area contributed by atoms with Crippen LogP contribution in [0.3, 0.4) is 0 Å². The van der Waals surface area contributed by atoms with Gasteiger partial charge in [0.2, 0.25) is 0 Å². The Hall–Kier alpha value is -1.05. The molecular weight excluding hydrogens is 112 g/mol. The summed E-state index contributed by atoms with van der Waals surface area (Å²) in [4.78, 5) is 6.97. The molecule has 0 aliphatic carbocycles. The smallest absolute Gasteiger partial charge is 0.0931 e. The van der Waals surface area contributed by atoms with Crippen molar-refractivity contribution in [2.75, 3.05) is 0 Å². The highest BCUT2D eigenvalue weighted by Gasteiger charge is 1.84. The van der Waals surface area contributed by atoms with Crippen LogP contribution in [0.1, 0.15) is 13.8 Å². The number of hydrogen-bond donors (Lipinski definition) is 1. The molecule has 0 bridgehead atoms. The fraction of sp³-hybridized carbons (Fsp3) is 0.286. The summed E-state index contributed by atoms with van der Waals surface area (Å²) in [6.45, 7) is 7.80. The van der Waals surface area contributed by atoms with Crippen molar-refractivity contribution in [1.29, 1.82) is 0 Å². The predicted molar refractivity (Wildman–Crippen MR) is 38.1 cm³/mol. The molecule has 0 aliphatic rings. The number of aromatic nitrogens is 2. The fourth-order valence-corrected chi connectivity index (χ4v) is 0.752. The zero-order valence-corrected chi connectivity index (χ0v) is 5.73. The van der Waals surface area contributed by atoms with E-state index in [0.29, 0.717) is 0 Å². The lowest BCUT2D eigenvalue weighted by molar-refractivity contribution is 1.27. The van der Waals surface area contributed by atoms with Crippen molar-refractivity contribution in [3.05, 3.63) is 17.0 Å². The minimum atomic E-state index is 0.898. The topological polar surface area (TPSA) is 28.7 Å². The first-order chi connectivity index (χ1) is 4.22. The molecule has 0 aliphatic heterocycles. The molecule has 0 unspecified atom stereocenters. The molecule has 1 aromatic rings. The standard InChI is InChI=1S/C7H10N2/c1-5(2)7-6(3)8-4-9-7/h4H,3H2,1-2H3,(H,8,9). The normalized spacial score (nSPS) is 9.56. The number of nitrogens with zero attached hydrogens (tertiary/aromatic N) is 1. The molecule has 0 spiro atoms. The highest BCUT2D eigenvalue weighted by Crippen LogP contribution is 1.78. The van der Waals surface area contributed by atoms with Crippen LogP contribution < -0.4 is 10.7 Å². The molecule has 0 amide bonds. The van der Waals surface area contributed by atoms with E-state index in [9.17, 15) is 0 Å². The fourth-order valence-electron chi connectivity index (χ4n) is 0.752. The summed E-state index contributed by atoms with van der Waals surface area (Å²) in [7, 11) is 0. The van der Waals surface area contributed by atoms with Crippen LogP contribution in [0.25, 0.3) is 12.2 Å². The minimum absolute atomic E-state index is 0.898. The Morgan fingerprint density at radius 1 is 1.67 bits per heavy atom. The first-order valence-electron chi connectivity index (χ1n) is 2.87. The Morgan fingerprint density at radius 2 is 2.33 bits per heavy atom. The predicted octanol–water partition coefficient (Wildman–Crippen LogP) is 0.0105. The Labute approximate surface area is 53.9 Å². The van der Waals surface area contributed by atoms with Crippen molar-refractivity contribution >= 4 is 12.2 Å². The molecule has 9 heavy (non-hydrogen) atoms. The Balaban J connectivity index is 3.60. The highest BCUT2D eigenvalue weighted by molar-refractivity contribution is 5.35. The van der Waals surface area contributed by atoms with Crippen LogP contribution in [0.4, 0.5) is 0 Å². The third-order valence-electron chi connectivity index (χ3n) is 1.19. The molecule has 1 rings (SSSR count). The Bertz CT molecular complexity index is 291. The minimum Gasteiger partial charge on any atom is -0.345 e. The van der Waals surface area contributed by atoms with Gasteiger partial charge in [-0.05, 0) is 19.4 Å². The van der Waals surface area contributed by atoms with Gasteiger partial charge in [0.15, 0.2) is 0 Å². The van der Waals surface area contributed by atoms with E-state index < -0.39 is 0 Å². The van der Waals surface area contributed by atoms with Crippen LogP contribution in [0.15, 0.2) is 6.33 Å². The Kier molecular flexibility index (Phi) is 1.39. The summed E-state index contributed by atoms with van der Waals surface area (Å²) in [5.74, 6) is 0.